The first-order chi connectivity index (χ1) is 6.91. The van der Waals surface area contributed by atoms with Crippen LogP contribution in [0.1, 0.15) is 20.8 Å². The third-order valence-electron chi connectivity index (χ3n) is 2.44. The molecular weight excluding hydrogens is 196 g/mol. The van der Waals surface area contributed by atoms with Crippen molar-refractivity contribution in [2.24, 2.45) is 0 Å². The molecule has 0 saturated carbocycles. The van der Waals surface area contributed by atoms with Crippen molar-refractivity contribution < 1.29 is 14.6 Å². The van der Waals surface area contributed by atoms with Crippen LogP contribution in [0.5, 0.6) is 0 Å². The number of carboxylic acid groups (broad SMARTS) is 1. The lowest BCUT2D eigenvalue weighted by Gasteiger charge is -2.37. The van der Waals surface area contributed by atoms with Crippen molar-refractivity contribution in [2.75, 3.05) is 26.3 Å². The quantitative estimate of drug-likeness (QED) is 0.715. The molecule has 2 N–H and O–H groups in total. The Morgan fingerprint density at radius 3 is 2.67 bits per heavy atom. The molecule has 0 aromatic carbocycles. The molecule has 1 heterocycles. The Kier molecular flexibility index (Phi) is 3.93. The minimum Gasteiger partial charge on any atom is -0.465 e. The first-order valence-electron chi connectivity index (χ1n) is 5.23. The van der Waals surface area contributed by atoms with Crippen molar-refractivity contribution in [2.45, 2.75) is 32.4 Å². The Bertz CT molecular complexity index is 219. The van der Waals surface area contributed by atoms with E-state index in [0.717, 1.165) is 6.54 Å². The van der Waals surface area contributed by atoms with E-state index in [1.165, 1.54) is 4.90 Å². The molecular formula is C10H20N2O3. The molecule has 88 valence electrons. The zero-order chi connectivity index (χ0) is 11.5. The van der Waals surface area contributed by atoms with Crippen molar-refractivity contribution >= 4 is 6.09 Å². The number of nitrogens with zero attached hydrogens (tertiary/aromatic N) is 1. The van der Waals surface area contributed by atoms with Crippen LogP contribution in [0.25, 0.3) is 0 Å². The van der Waals surface area contributed by atoms with Crippen LogP contribution in [0.15, 0.2) is 0 Å². The normalized spacial score (nSPS) is 22.5. The number of ether oxygens (including phenoxy) is 1. The van der Waals surface area contributed by atoms with Gasteiger partial charge in [0, 0.05) is 24.7 Å². The summed E-state index contributed by atoms with van der Waals surface area (Å²) in [6.45, 7) is 8.24. The molecule has 0 radical (unpaired) electrons. The van der Waals surface area contributed by atoms with Gasteiger partial charge < -0.3 is 20.1 Å². The molecule has 1 saturated heterocycles. The van der Waals surface area contributed by atoms with Gasteiger partial charge in [-0.1, -0.05) is 0 Å². The summed E-state index contributed by atoms with van der Waals surface area (Å²) in [5.41, 5.74) is -0.370. The van der Waals surface area contributed by atoms with E-state index in [1.54, 1.807) is 0 Å². The second kappa shape index (κ2) is 4.81. The molecule has 5 nitrogen and oxygen atoms in total. The van der Waals surface area contributed by atoms with Gasteiger partial charge in [-0.3, -0.25) is 0 Å². The Morgan fingerprint density at radius 1 is 1.60 bits per heavy atom. The SMILES string of the molecule is CC(C)(C)N(C[C@H]1COCCN1)C(=O)O. The van der Waals surface area contributed by atoms with Gasteiger partial charge in [0.1, 0.15) is 0 Å². The average Bonchev–Trinajstić information content (AvgIpc) is 2.13. The standard InChI is InChI=1S/C10H20N2O3/c1-10(2,3)12(9(13)14)6-8-7-15-5-4-11-8/h8,11H,4-7H2,1-3H3,(H,13,14)/t8-/m0/s1. The fraction of sp³-hybridized carbons (Fsp3) is 0.900. The first-order valence-corrected chi connectivity index (χ1v) is 5.23. The number of amides is 1. The molecule has 1 aliphatic heterocycles. The molecule has 0 aliphatic carbocycles. The van der Waals surface area contributed by atoms with E-state index in [0.29, 0.717) is 19.8 Å². The number of hydrogen-bond donors (Lipinski definition) is 2. The summed E-state index contributed by atoms with van der Waals surface area (Å²) in [6, 6.07) is 0.106. The van der Waals surface area contributed by atoms with Crippen LogP contribution in [-0.4, -0.2) is 54.0 Å². The highest BCUT2D eigenvalue weighted by Crippen LogP contribution is 2.14. The predicted molar refractivity (Wildman–Crippen MR) is 57.1 cm³/mol. The van der Waals surface area contributed by atoms with Crippen LogP contribution in [-0.2, 0) is 4.74 Å². The number of rotatable bonds is 2. The van der Waals surface area contributed by atoms with Gasteiger partial charge in [0.25, 0.3) is 0 Å². The molecule has 5 heteroatoms. The highest BCUT2D eigenvalue weighted by atomic mass is 16.5. The molecule has 15 heavy (non-hydrogen) atoms. The van der Waals surface area contributed by atoms with Crippen LogP contribution in [0.4, 0.5) is 4.79 Å². The summed E-state index contributed by atoms with van der Waals surface area (Å²) in [6.07, 6.45) is -0.880. The van der Waals surface area contributed by atoms with Crippen molar-refractivity contribution in [3.63, 3.8) is 0 Å². The van der Waals surface area contributed by atoms with Crippen molar-refractivity contribution in [1.82, 2.24) is 10.2 Å². The Labute approximate surface area is 90.4 Å². The molecule has 1 amide bonds. The van der Waals surface area contributed by atoms with Crippen molar-refractivity contribution in [1.29, 1.82) is 0 Å². The van der Waals surface area contributed by atoms with Gasteiger partial charge >= 0.3 is 6.09 Å². The van der Waals surface area contributed by atoms with E-state index < -0.39 is 6.09 Å². The number of hydrogen-bond acceptors (Lipinski definition) is 3. The van der Waals surface area contributed by atoms with E-state index >= 15 is 0 Å². The fourth-order valence-electron chi connectivity index (χ4n) is 1.60. The third kappa shape index (κ3) is 3.68. The van der Waals surface area contributed by atoms with Crippen LogP contribution in [0.3, 0.4) is 0 Å². The first kappa shape index (κ1) is 12.3. The average molecular weight is 216 g/mol. The maximum Gasteiger partial charge on any atom is 0.407 e. The van der Waals surface area contributed by atoms with Crippen LogP contribution < -0.4 is 5.32 Å². The van der Waals surface area contributed by atoms with Crippen LogP contribution in [0, 0.1) is 0 Å². The van der Waals surface area contributed by atoms with Gasteiger partial charge in [-0.15, -0.1) is 0 Å². The third-order valence-corrected chi connectivity index (χ3v) is 2.44. The second-order valence-electron chi connectivity index (χ2n) is 4.79. The molecule has 0 spiro atoms. The maximum atomic E-state index is 11.1. The Morgan fingerprint density at radius 2 is 2.27 bits per heavy atom. The van der Waals surface area contributed by atoms with Crippen molar-refractivity contribution in [3.05, 3.63) is 0 Å². The number of carbonyl (C=O) groups is 1. The summed E-state index contributed by atoms with van der Waals surface area (Å²) in [5.74, 6) is 0. The molecule has 1 atom stereocenters. The minimum atomic E-state index is -0.880. The lowest BCUT2D eigenvalue weighted by atomic mass is 10.1. The summed E-state index contributed by atoms with van der Waals surface area (Å²) in [4.78, 5) is 12.5. The van der Waals surface area contributed by atoms with Gasteiger partial charge in [-0.05, 0) is 20.8 Å². The Balaban J connectivity index is 2.54. The lowest BCUT2D eigenvalue weighted by molar-refractivity contribution is 0.0434. The van der Waals surface area contributed by atoms with Gasteiger partial charge in [0.15, 0.2) is 0 Å². The van der Waals surface area contributed by atoms with Crippen molar-refractivity contribution in [3.8, 4) is 0 Å². The van der Waals surface area contributed by atoms with Gasteiger partial charge in [0.2, 0.25) is 0 Å². The summed E-state index contributed by atoms with van der Waals surface area (Å²) in [7, 11) is 0. The van der Waals surface area contributed by atoms with E-state index in [-0.39, 0.29) is 11.6 Å². The predicted octanol–water partition coefficient (Wildman–Crippen LogP) is 0.753. The van der Waals surface area contributed by atoms with Gasteiger partial charge in [-0.2, -0.15) is 0 Å². The van der Waals surface area contributed by atoms with E-state index in [2.05, 4.69) is 5.32 Å². The summed E-state index contributed by atoms with van der Waals surface area (Å²) < 4.78 is 5.29. The largest absolute Gasteiger partial charge is 0.465 e. The molecule has 0 aromatic rings. The van der Waals surface area contributed by atoms with Crippen LogP contribution >= 0.6 is 0 Å². The minimum absolute atomic E-state index is 0.106. The molecule has 1 aliphatic rings. The second-order valence-corrected chi connectivity index (χ2v) is 4.79. The highest BCUT2D eigenvalue weighted by molar-refractivity contribution is 5.66. The summed E-state index contributed by atoms with van der Waals surface area (Å²) >= 11 is 0. The zero-order valence-electron chi connectivity index (χ0n) is 9.62. The number of nitrogens with one attached hydrogen (secondary N) is 1. The van der Waals surface area contributed by atoms with E-state index in [4.69, 9.17) is 9.84 Å². The molecule has 0 bridgehead atoms. The van der Waals surface area contributed by atoms with Gasteiger partial charge in [-0.25, -0.2) is 4.79 Å². The fourth-order valence-corrected chi connectivity index (χ4v) is 1.60. The van der Waals surface area contributed by atoms with E-state index in [1.807, 2.05) is 20.8 Å². The molecule has 0 unspecified atom stereocenters. The van der Waals surface area contributed by atoms with E-state index in [9.17, 15) is 4.79 Å². The van der Waals surface area contributed by atoms with Gasteiger partial charge in [0.05, 0.1) is 13.2 Å². The zero-order valence-corrected chi connectivity index (χ0v) is 9.62. The molecule has 1 rings (SSSR count). The lowest BCUT2D eigenvalue weighted by Crippen LogP contribution is -2.54. The monoisotopic (exact) mass is 216 g/mol. The Hall–Kier alpha value is -0.810. The topological polar surface area (TPSA) is 61.8 Å². The smallest absolute Gasteiger partial charge is 0.407 e. The molecule has 1 fully saturated rings. The number of morpholine rings is 1. The molecule has 0 aromatic heterocycles. The highest BCUT2D eigenvalue weighted by Gasteiger charge is 2.29. The maximum absolute atomic E-state index is 11.1. The van der Waals surface area contributed by atoms with Crippen LogP contribution in [0.2, 0.25) is 0 Å². The summed E-state index contributed by atoms with van der Waals surface area (Å²) in [5, 5.41) is 12.3.